The number of likely N-dealkylation sites (tertiary alicyclic amines) is 2. The highest BCUT2D eigenvalue weighted by Gasteiger charge is 2.55. The number of carbonyl (C=O) groups is 2. The van der Waals surface area contributed by atoms with E-state index in [0.717, 1.165) is 5.56 Å². The fourth-order valence-corrected chi connectivity index (χ4v) is 4.18. The highest BCUT2D eigenvalue weighted by molar-refractivity contribution is 6.30. The van der Waals surface area contributed by atoms with Crippen molar-refractivity contribution in [1.82, 2.24) is 9.80 Å². The van der Waals surface area contributed by atoms with Crippen LogP contribution >= 0.6 is 11.6 Å². The number of halogens is 2. The van der Waals surface area contributed by atoms with Crippen LogP contribution in [0.1, 0.15) is 24.8 Å². The number of hydrogen-bond donors (Lipinski definition) is 1. The molecule has 1 atom stereocenters. The molecule has 130 valence electrons. The van der Waals surface area contributed by atoms with Gasteiger partial charge in [0.25, 0.3) is 0 Å². The zero-order chi connectivity index (χ0) is 17.5. The second-order valence-corrected chi connectivity index (χ2v) is 7.08. The van der Waals surface area contributed by atoms with Crippen LogP contribution < -0.4 is 0 Å². The van der Waals surface area contributed by atoms with Crippen LogP contribution in [0.2, 0.25) is 5.02 Å². The molecule has 1 aromatic carbocycles. The normalized spacial score (nSPS) is 23.9. The molecule has 0 bridgehead atoms. The Kier molecular flexibility index (Phi) is 4.53. The minimum atomic E-state index is -0.897. The SMILES string of the molecule is CN1C(=O)C[C@H](C(=O)O)C12CCN(Cc1ccc(F)c(Cl)c1)CC2. The Morgan fingerprint density at radius 3 is 2.67 bits per heavy atom. The summed E-state index contributed by atoms with van der Waals surface area (Å²) in [5, 5.41) is 9.59. The van der Waals surface area contributed by atoms with Gasteiger partial charge in [-0.15, -0.1) is 0 Å². The first-order valence-electron chi connectivity index (χ1n) is 7.99. The Morgan fingerprint density at radius 1 is 1.42 bits per heavy atom. The number of carbonyl (C=O) groups excluding carboxylic acids is 1. The van der Waals surface area contributed by atoms with Gasteiger partial charge in [0.15, 0.2) is 0 Å². The van der Waals surface area contributed by atoms with Gasteiger partial charge in [-0.2, -0.15) is 0 Å². The predicted octanol–water partition coefficient (Wildman–Crippen LogP) is 2.38. The first-order valence-corrected chi connectivity index (χ1v) is 8.37. The second-order valence-electron chi connectivity index (χ2n) is 6.68. The van der Waals surface area contributed by atoms with E-state index in [9.17, 15) is 19.1 Å². The number of benzene rings is 1. The van der Waals surface area contributed by atoms with Crippen LogP contribution in [0.15, 0.2) is 18.2 Å². The maximum atomic E-state index is 13.2. The lowest BCUT2D eigenvalue weighted by molar-refractivity contribution is -0.146. The molecule has 1 amide bonds. The molecule has 2 aliphatic rings. The van der Waals surface area contributed by atoms with Crippen molar-refractivity contribution in [2.45, 2.75) is 31.3 Å². The van der Waals surface area contributed by atoms with E-state index >= 15 is 0 Å². The average molecular weight is 355 g/mol. The lowest BCUT2D eigenvalue weighted by Crippen LogP contribution is -2.55. The largest absolute Gasteiger partial charge is 0.481 e. The number of rotatable bonds is 3. The van der Waals surface area contributed by atoms with Crippen LogP contribution in [-0.2, 0) is 16.1 Å². The molecule has 2 heterocycles. The van der Waals surface area contributed by atoms with Gasteiger partial charge in [0.05, 0.1) is 16.5 Å². The molecule has 24 heavy (non-hydrogen) atoms. The van der Waals surface area contributed by atoms with Crippen molar-refractivity contribution < 1.29 is 19.1 Å². The van der Waals surface area contributed by atoms with Crippen molar-refractivity contribution in [2.24, 2.45) is 5.92 Å². The predicted molar refractivity (Wildman–Crippen MR) is 87.2 cm³/mol. The van der Waals surface area contributed by atoms with Gasteiger partial charge in [-0.1, -0.05) is 17.7 Å². The van der Waals surface area contributed by atoms with Crippen LogP contribution in [0.4, 0.5) is 4.39 Å². The van der Waals surface area contributed by atoms with Gasteiger partial charge in [0.2, 0.25) is 5.91 Å². The minimum Gasteiger partial charge on any atom is -0.481 e. The van der Waals surface area contributed by atoms with Gasteiger partial charge >= 0.3 is 5.97 Å². The molecule has 2 saturated heterocycles. The molecular formula is C17H20ClFN2O3. The molecule has 1 spiro atoms. The third-order valence-electron chi connectivity index (χ3n) is 5.48. The Labute approximate surface area is 145 Å². The second kappa shape index (κ2) is 6.33. The number of carboxylic acid groups (broad SMARTS) is 1. The summed E-state index contributed by atoms with van der Waals surface area (Å²) in [5.74, 6) is -2.07. The van der Waals surface area contributed by atoms with Crippen molar-refractivity contribution >= 4 is 23.5 Å². The van der Waals surface area contributed by atoms with Crippen molar-refractivity contribution in [3.63, 3.8) is 0 Å². The molecule has 0 saturated carbocycles. The maximum absolute atomic E-state index is 13.2. The van der Waals surface area contributed by atoms with Crippen molar-refractivity contribution in [3.05, 3.63) is 34.6 Å². The summed E-state index contributed by atoms with van der Waals surface area (Å²) in [4.78, 5) is 27.4. The van der Waals surface area contributed by atoms with E-state index in [2.05, 4.69) is 4.90 Å². The average Bonchev–Trinajstić information content (AvgIpc) is 2.79. The molecule has 2 fully saturated rings. The fraction of sp³-hybridized carbons (Fsp3) is 0.529. The first kappa shape index (κ1) is 17.2. The number of hydrogen-bond acceptors (Lipinski definition) is 3. The molecular weight excluding hydrogens is 335 g/mol. The number of aliphatic carboxylic acids is 1. The summed E-state index contributed by atoms with van der Waals surface area (Å²) in [7, 11) is 1.71. The van der Waals surface area contributed by atoms with Gasteiger partial charge in [-0.3, -0.25) is 14.5 Å². The lowest BCUT2D eigenvalue weighted by Gasteiger charge is -2.45. The number of piperidine rings is 1. The summed E-state index contributed by atoms with van der Waals surface area (Å²) >= 11 is 5.82. The Balaban J connectivity index is 1.69. The smallest absolute Gasteiger partial charge is 0.309 e. The standard InChI is InChI=1S/C17H20ClFN2O3/c1-20-15(22)9-12(16(23)24)17(20)4-6-21(7-5-17)10-11-2-3-14(19)13(18)8-11/h2-3,8,12H,4-7,9-10H2,1H3,(H,23,24)/t12-/m1/s1. The monoisotopic (exact) mass is 354 g/mol. The highest BCUT2D eigenvalue weighted by Crippen LogP contribution is 2.43. The van der Waals surface area contributed by atoms with E-state index < -0.39 is 23.2 Å². The van der Waals surface area contributed by atoms with Crippen LogP contribution in [0.5, 0.6) is 0 Å². The molecule has 3 rings (SSSR count). The summed E-state index contributed by atoms with van der Waals surface area (Å²) in [6, 6.07) is 4.68. The van der Waals surface area contributed by atoms with Gasteiger partial charge < -0.3 is 10.0 Å². The maximum Gasteiger partial charge on any atom is 0.309 e. The third kappa shape index (κ3) is 2.89. The van der Waals surface area contributed by atoms with Gasteiger partial charge in [0, 0.05) is 33.1 Å². The molecule has 0 radical (unpaired) electrons. The minimum absolute atomic E-state index is 0.0827. The fourth-order valence-electron chi connectivity index (χ4n) is 3.98. The summed E-state index contributed by atoms with van der Waals surface area (Å²) < 4.78 is 13.2. The molecule has 7 heteroatoms. The van der Waals surface area contributed by atoms with Crippen molar-refractivity contribution in [2.75, 3.05) is 20.1 Å². The van der Waals surface area contributed by atoms with E-state index in [1.807, 2.05) is 0 Å². The summed E-state index contributed by atoms with van der Waals surface area (Å²) in [6.45, 7) is 2.01. The van der Waals surface area contributed by atoms with E-state index in [4.69, 9.17) is 11.6 Å². The van der Waals surface area contributed by atoms with E-state index in [1.165, 1.54) is 6.07 Å². The zero-order valence-corrected chi connectivity index (χ0v) is 14.2. The van der Waals surface area contributed by atoms with E-state index in [-0.39, 0.29) is 17.4 Å². The molecule has 1 N–H and O–H groups in total. The lowest BCUT2D eigenvalue weighted by atomic mass is 9.77. The Morgan fingerprint density at radius 2 is 2.08 bits per heavy atom. The Bertz CT molecular complexity index is 674. The summed E-state index contributed by atoms with van der Waals surface area (Å²) in [6.07, 6.45) is 1.33. The number of carboxylic acids is 1. The number of amides is 1. The quantitative estimate of drug-likeness (QED) is 0.905. The molecule has 2 aliphatic heterocycles. The molecule has 1 aromatic rings. The third-order valence-corrected chi connectivity index (χ3v) is 5.77. The van der Waals surface area contributed by atoms with E-state index in [0.29, 0.717) is 32.5 Å². The van der Waals surface area contributed by atoms with Gasteiger partial charge in [-0.05, 0) is 30.5 Å². The van der Waals surface area contributed by atoms with Gasteiger partial charge in [-0.25, -0.2) is 4.39 Å². The van der Waals surface area contributed by atoms with Crippen LogP contribution in [0.3, 0.4) is 0 Å². The number of nitrogens with zero attached hydrogens (tertiary/aromatic N) is 2. The highest BCUT2D eigenvalue weighted by atomic mass is 35.5. The van der Waals surface area contributed by atoms with E-state index in [1.54, 1.807) is 24.1 Å². The molecule has 0 aliphatic carbocycles. The van der Waals surface area contributed by atoms with Crippen molar-refractivity contribution in [3.8, 4) is 0 Å². The molecule has 0 unspecified atom stereocenters. The van der Waals surface area contributed by atoms with Crippen LogP contribution in [-0.4, -0.2) is 52.5 Å². The van der Waals surface area contributed by atoms with Crippen molar-refractivity contribution in [1.29, 1.82) is 0 Å². The first-order chi connectivity index (χ1) is 11.3. The zero-order valence-electron chi connectivity index (χ0n) is 13.5. The molecule has 5 nitrogen and oxygen atoms in total. The topological polar surface area (TPSA) is 60.9 Å². The van der Waals surface area contributed by atoms with Crippen LogP contribution in [0.25, 0.3) is 0 Å². The van der Waals surface area contributed by atoms with Crippen LogP contribution in [0, 0.1) is 11.7 Å². The molecule has 0 aromatic heterocycles. The summed E-state index contributed by atoms with van der Waals surface area (Å²) in [5.41, 5.74) is 0.336. The van der Waals surface area contributed by atoms with Gasteiger partial charge in [0.1, 0.15) is 5.82 Å². The Hall–Kier alpha value is -1.66.